The summed E-state index contributed by atoms with van der Waals surface area (Å²) in [5.74, 6) is -0.263. The van der Waals surface area contributed by atoms with E-state index in [0.717, 1.165) is 11.8 Å². The van der Waals surface area contributed by atoms with E-state index >= 15 is 0 Å². The van der Waals surface area contributed by atoms with Crippen LogP contribution in [-0.4, -0.2) is 59.2 Å². The summed E-state index contributed by atoms with van der Waals surface area (Å²) in [4.78, 5) is 27.3. The van der Waals surface area contributed by atoms with Crippen LogP contribution in [-0.2, 0) is 0 Å². The van der Waals surface area contributed by atoms with Crippen molar-refractivity contribution in [1.29, 1.82) is 0 Å². The zero-order valence-corrected chi connectivity index (χ0v) is 18.8. The minimum absolute atomic E-state index is 0.151. The summed E-state index contributed by atoms with van der Waals surface area (Å²) in [6.45, 7) is 2.27. The number of halogens is 2. The summed E-state index contributed by atoms with van der Waals surface area (Å²) < 4.78 is 38.2. The fraction of sp³-hybridized carbons (Fsp3) is 0.208. The van der Waals surface area contributed by atoms with Gasteiger partial charge in [-0.1, -0.05) is 0 Å². The minimum Gasteiger partial charge on any atom is -0.467 e. The molecule has 3 heterocycles. The van der Waals surface area contributed by atoms with Crippen molar-refractivity contribution in [3.63, 3.8) is 0 Å². The average Bonchev–Trinajstić information content (AvgIpc) is 3.27. The Morgan fingerprint density at radius 3 is 2.43 bits per heavy atom. The molecule has 180 valence electrons. The number of nitrogens with zero attached hydrogens (tertiary/aromatic N) is 4. The first-order valence-electron chi connectivity index (χ1n) is 10.9. The van der Waals surface area contributed by atoms with Gasteiger partial charge in [-0.3, -0.25) is 0 Å². The monoisotopic (exact) mass is 480 g/mol. The number of carbonyl (C=O) groups excluding carboxylic acids is 1. The number of amides is 2. The Bertz CT molecular complexity index is 1340. The van der Waals surface area contributed by atoms with E-state index in [1.807, 2.05) is 24.3 Å². The molecular formula is C24H22F2N6O3. The van der Waals surface area contributed by atoms with Crippen LogP contribution in [0.4, 0.5) is 25.0 Å². The number of ether oxygens (including phenoxy) is 2. The lowest BCUT2D eigenvalue weighted by atomic mass is 10.2. The van der Waals surface area contributed by atoms with Gasteiger partial charge in [0.2, 0.25) is 0 Å². The second-order valence-electron chi connectivity index (χ2n) is 7.92. The fourth-order valence-electron chi connectivity index (χ4n) is 3.94. The van der Waals surface area contributed by atoms with Crippen LogP contribution in [0.2, 0.25) is 0 Å². The quantitative estimate of drug-likeness (QED) is 0.440. The maximum absolute atomic E-state index is 13.9. The molecule has 2 aromatic heterocycles. The Kier molecular flexibility index (Phi) is 6.04. The highest BCUT2D eigenvalue weighted by molar-refractivity contribution is 6.01. The molecule has 1 fully saturated rings. The van der Waals surface area contributed by atoms with Crippen molar-refractivity contribution in [2.45, 2.75) is 0 Å². The van der Waals surface area contributed by atoms with Gasteiger partial charge in [-0.05, 0) is 30.3 Å². The molecule has 0 aliphatic carbocycles. The van der Waals surface area contributed by atoms with Crippen LogP contribution >= 0.6 is 0 Å². The molecule has 0 atom stereocenters. The van der Waals surface area contributed by atoms with Gasteiger partial charge in [0.25, 0.3) is 0 Å². The van der Waals surface area contributed by atoms with Crippen LogP contribution in [0.25, 0.3) is 10.9 Å². The number of nitrogens with one attached hydrogen (secondary N) is 2. The van der Waals surface area contributed by atoms with E-state index in [2.05, 4.69) is 25.2 Å². The summed E-state index contributed by atoms with van der Waals surface area (Å²) >= 11 is 0. The molecule has 2 N–H and O–H groups in total. The first kappa shape index (κ1) is 22.4. The van der Waals surface area contributed by atoms with E-state index < -0.39 is 11.6 Å². The van der Waals surface area contributed by atoms with Gasteiger partial charge in [-0.15, -0.1) is 0 Å². The van der Waals surface area contributed by atoms with Gasteiger partial charge < -0.3 is 29.6 Å². The smallest absolute Gasteiger partial charge is 0.322 e. The van der Waals surface area contributed by atoms with Gasteiger partial charge in [0.05, 0.1) is 30.7 Å². The SMILES string of the molecule is COc1ncc(Oc2ccc(N3CCN(C(=O)Nc4c[nH]c5c(F)cc(F)cc45)CC3)cc2)cn1. The van der Waals surface area contributed by atoms with Gasteiger partial charge in [-0.2, -0.15) is 9.97 Å². The number of hydrogen-bond donors (Lipinski definition) is 2. The molecule has 1 aliphatic heterocycles. The Labute approximate surface area is 199 Å². The van der Waals surface area contributed by atoms with E-state index in [1.54, 1.807) is 4.90 Å². The van der Waals surface area contributed by atoms with Crippen LogP contribution in [0.5, 0.6) is 17.5 Å². The van der Waals surface area contributed by atoms with Crippen LogP contribution in [0.3, 0.4) is 0 Å². The number of aromatic amines is 1. The first-order chi connectivity index (χ1) is 17.0. The third-order valence-corrected chi connectivity index (χ3v) is 5.74. The second kappa shape index (κ2) is 9.45. The third-order valence-electron chi connectivity index (χ3n) is 5.74. The van der Waals surface area contributed by atoms with Gasteiger partial charge in [-0.25, -0.2) is 13.6 Å². The molecule has 2 aromatic carbocycles. The van der Waals surface area contributed by atoms with Crippen molar-refractivity contribution >= 4 is 28.3 Å². The van der Waals surface area contributed by atoms with Crippen molar-refractivity contribution in [1.82, 2.24) is 19.9 Å². The van der Waals surface area contributed by atoms with Crippen molar-refractivity contribution in [3.05, 3.63) is 66.6 Å². The standard InChI is InChI=1S/C24H22F2N6O3/c1-34-23-28-12-18(13-29-23)35-17-4-2-16(3-5-17)31-6-8-32(9-7-31)24(33)30-21-14-27-22-19(21)10-15(25)11-20(22)26/h2-5,10-14,27H,6-9H2,1H3,(H,30,33). The molecule has 11 heteroatoms. The molecule has 0 bridgehead atoms. The van der Waals surface area contributed by atoms with E-state index in [0.29, 0.717) is 43.4 Å². The highest BCUT2D eigenvalue weighted by atomic mass is 19.1. The third kappa shape index (κ3) is 4.79. The van der Waals surface area contributed by atoms with Gasteiger partial charge >= 0.3 is 12.0 Å². The molecule has 9 nitrogen and oxygen atoms in total. The lowest BCUT2D eigenvalue weighted by Crippen LogP contribution is -2.50. The fourth-order valence-corrected chi connectivity index (χ4v) is 3.94. The van der Waals surface area contributed by atoms with E-state index in [4.69, 9.17) is 9.47 Å². The van der Waals surface area contributed by atoms with E-state index in [9.17, 15) is 13.6 Å². The van der Waals surface area contributed by atoms with Crippen molar-refractivity contribution in [2.75, 3.05) is 43.5 Å². The Morgan fingerprint density at radius 2 is 1.74 bits per heavy atom. The molecule has 0 radical (unpaired) electrons. The molecule has 1 saturated heterocycles. The normalized spacial score (nSPS) is 13.7. The zero-order chi connectivity index (χ0) is 24.4. The number of rotatable bonds is 5. The van der Waals surface area contributed by atoms with Crippen LogP contribution in [0, 0.1) is 11.6 Å². The lowest BCUT2D eigenvalue weighted by Gasteiger charge is -2.36. The summed E-state index contributed by atoms with van der Waals surface area (Å²) in [6, 6.07) is 9.55. The van der Waals surface area contributed by atoms with Crippen LogP contribution in [0.1, 0.15) is 0 Å². The maximum atomic E-state index is 13.9. The second-order valence-corrected chi connectivity index (χ2v) is 7.92. The molecule has 0 unspecified atom stereocenters. The van der Waals surface area contributed by atoms with E-state index in [1.165, 1.54) is 31.8 Å². The summed E-state index contributed by atoms with van der Waals surface area (Å²) in [6.07, 6.45) is 4.53. The number of methoxy groups -OCH3 is 1. The molecular weight excluding hydrogens is 458 g/mol. The number of hydrogen-bond acceptors (Lipinski definition) is 6. The van der Waals surface area contributed by atoms with Crippen molar-refractivity contribution in [2.24, 2.45) is 0 Å². The van der Waals surface area contributed by atoms with Crippen LogP contribution < -0.4 is 19.7 Å². The number of aromatic nitrogens is 3. The van der Waals surface area contributed by atoms with Gasteiger partial charge in [0.15, 0.2) is 5.75 Å². The molecule has 4 aromatic rings. The predicted octanol–water partition coefficient (Wildman–Crippen LogP) is 4.39. The zero-order valence-electron chi connectivity index (χ0n) is 18.8. The Morgan fingerprint density at radius 1 is 1.03 bits per heavy atom. The highest BCUT2D eigenvalue weighted by Gasteiger charge is 2.22. The maximum Gasteiger partial charge on any atom is 0.322 e. The number of benzene rings is 2. The van der Waals surface area contributed by atoms with Crippen LogP contribution in [0.15, 0.2) is 55.0 Å². The Balaban J connectivity index is 1.17. The molecule has 0 spiro atoms. The first-order valence-corrected chi connectivity index (χ1v) is 10.9. The topological polar surface area (TPSA) is 95.6 Å². The number of H-pyrrole nitrogens is 1. The predicted molar refractivity (Wildman–Crippen MR) is 126 cm³/mol. The molecule has 5 rings (SSSR count). The lowest BCUT2D eigenvalue weighted by molar-refractivity contribution is 0.208. The number of carbonyl (C=O) groups is 1. The number of piperazine rings is 1. The average molecular weight is 480 g/mol. The highest BCUT2D eigenvalue weighted by Crippen LogP contribution is 2.28. The van der Waals surface area contributed by atoms with Gasteiger partial charge in [0.1, 0.15) is 17.4 Å². The largest absolute Gasteiger partial charge is 0.467 e. The van der Waals surface area contributed by atoms with Crippen molar-refractivity contribution in [3.8, 4) is 17.5 Å². The number of anilines is 2. The summed E-state index contributed by atoms with van der Waals surface area (Å²) in [5.41, 5.74) is 1.49. The summed E-state index contributed by atoms with van der Waals surface area (Å²) in [5, 5.41) is 3.04. The van der Waals surface area contributed by atoms with Crippen molar-refractivity contribution < 1.29 is 23.0 Å². The summed E-state index contributed by atoms with van der Waals surface area (Å²) in [7, 11) is 1.50. The molecule has 1 aliphatic rings. The molecule has 35 heavy (non-hydrogen) atoms. The number of urea groups is 1. The number of fused-ring (bicyclic) bond motifs is 1. The minimum atomic E-state index is -0.706. The molecule has 2 amide bonds. The van der Waals surface area contributed by atoms with E-state index in [-0.39, 0.29) is 22.9 Å². The van der Waals surface area contributed by atoms with Gasteiger partial charge in [0, 0.05) is 49.5 Å². The molecule has 0 saturated carbocycles. The Hall–Kier alpha value is -4.41.